The van der Waals surface area contributed by atoms with Gasteiger partial charge in [0.1, 0.15) is 5.92 Å². The largest absolute Gasteiger partial charge is 0.462 e. The van der Waals surface area contributed by atoms with E-state index in [1.54, 1.807) is 31.2 Å². The third kappa shape index (κ3) is 3.59. The molecule has 1 amide bonds. The molecule has 1 N–H and O–H groups in total. The molecule has 1 aromatic rings. The number of carbonyl (C=O) groups excluding carboxylic acids is 2. The van der Waals surface area contributed by atoms with Crippen molar-refractivity contribution in [2.24, 2.45) is 5.92 Å². The Morgan fingerprint density at radius 1 is 1.39 bits per heavy atom. The highest BCUT2D eigenvalue weighted by atomic mass is 16.5. The molecular formula is C13H14N2O3. The maximum absolute atomic E-state index is 11.4. The van der Waals surface area contributed by atoms with Crippen LogP contribution in [0.4, 0.5) is 5.69 Å². The molecule has 1 unspecified atom stereocenters. The Labute approximate surface area is 105 Å². The Hall–Kier alpha value is -2.35. The van der Waals surface area contributed by atoms with Gasteiger partial charge in [-0.15, -0.1) is 0 Å². The number of amides is 1. The minimum atomic E-state index is -0.713. The van der Waals surface area contributed by atoms with Gasteiger partial charge in [-0.1, -0.05) is 0 Å². The van der Waals surface area contributed by atoms with E-state index in [4.69, 9.17) is 10.00 Å². The van der Waals surface area contributed by atoms with Crippen LogP contribution in [0.25, 0.3) is 0 Å². The summed E-state index contributed by atoms with van der Waals surface area (Å²) in [5.41, 5.74) is 0.957. The van der Waals surface area contributed by atoms with Gasteiger partial charge in [0.15, 0.2) is 0 Å². The summed E-state index contributed by atoms with van der Waals surface area (Å²) in [7, 11) is 0. The fraction of sp³-hybridized carbons (Fsp3) is 0.308. The molecule has 0 aliphatic rings. The SMILES string of the molecule is CCOC(=O)c1ccc(NC(=O)C(C)C#N)cc1. The van der Waals surface area contributed by atoms with Crippen LogP contribution in [0.5, 0.6) is 0 Å². The van der Waals surface area contributed by atoms with E-state index in [9.17, 15) is 9.59 Å². The quantitative estimate of drug-likeness (QED) is 0.823. The van der Waals surface area contributed by atoms with Crippen molar-refractivity contribution in [3.8, 4) is 6.07 Å². The molecule has 0 aliphatic heterocycles. The lowest BCUT2D eigenvalue weighted by molar-refractivity contribution is -0.117. The maximum atomic E-state index is 11.4. The van der Waals surface area contributed by atoms with Crippen LogP contribution in [-0.4, -0.2) is 18.5 Å². The zero-order valence-electron chi connectivity index (χ0n) is 10.3. The fourth-order valence-electron chi connectivity index (χ4n) is 1.21. The smallest absolute Gasteiger partial charge is 0.338 e. The normalized spacial score (nSPS) is 11.2. The van der Waals surface area contributed by atoms with Crippen LogP contribution in [-0.2, 0) is 9.53 Å². The van der Waals surface area contributed by atoms with E-state index < -0.39 is 11.9 Å². The van der Waals surface area contributed by atoms with Gasteiger partial charge in [-0.3, -0.25) is 4.79 Å². The predicted octanol–water partition coefficient (Wildman–Crippen LogP) is 1.96. The Morgan fingerprint density at radius 2 is 2.00 bits per heavy atom. The Morgan fingerprint density at radius 3 is 2.50 bits per heavy atom. The Bertz CT molecular complexity index is 474. The second kappa shape index (κ2) is 6.40. The van der Waals surface area contributed by atoms with E-state index in [1.807, 2.05) is 6.07 Å². The molecule has 0 saturated heterocycles. The topological polar surface area (TPSA) is 79.2 Å². The molecule has 5 heteroatoms. The average molecular weight is 246 g/mol. The van der Waals surface area contributed by atoms with Crippen LogP contribution < -0.4 is 5.32 Å². The third-order valence-corrected chi connectivity index (χ3v) is 2.25. The number of rotatable bonds is 4. The van der Waals surface area contributed by atoms with Gasteiger partial charge in [-0.25, -0.2) is 4.79 Å². The molecule has 0 saturated carbocycles. The predicted molar refractivity (Wildman–Crippen MR) is 65.8 cm³/mol. The van der Waals surface area contributed by atoms with Crippen LogP contribution >= 0.6 is 0 Å². The summed E-state index contributed by atoms with van der Waals surface area (Å²) in [6, 6.07) is 8.15. The summed E-state index contributed by atoms with van der Waals surface area (Å²) < 4.78 is 4.84. The van der Waals surface area contributed by atoms with Gasteiger partial charge >= 0.3 is 5.97 Å². The molecule has 1 rings (SSSR count). The number of carbonyl (C=O) groups is 2. The first kappa shape index (κ1) is 13.7. The van der Waals surface area contributed by atoms with Crippen LogP contribution in [0.3, 0.4) is 0 Å². The number of ether oxygens (including phenoxy) is 1. The number of nitrogens with zero attached hydrogens (tertiary/aromatic N) is 1. The summed E-state index contributed by atoms with van der Waals surface area (Å²) >= 11 is 0. The van der Waals surface area contributed by atoms with E-state index >= 15 is 0 Å². The first-order chi connectivity index (χ1) is 8.58. The van der Waals surface area contributed by atoms with Crippen molar-refractivity contribution in [3.63, 3.8) is 0 Å². The van der Waals surface area contributed by atoms with E-state index in [0.717, 1.165) is 0 Å². The highest BCUT2D eigenvalue weighted by Gasteiger charge is 2.12. The summed E-state index contributed by atoms with van der Waals surface area (Å²) in [5, 5.41) is 11.2. The second-order valence-corrected chi connectivity index (χ2v) is 3.64. The monoisotopic (exact) mass is 246 g/mol. The summed E-state index contributed by atoms with van der Waals surface area (Å²) in [5.74, 6) is -1.49. The summed E-state index contributed by atoms with van der Waals surface area (Å²) in [6.45, 7) is 3.56. The van der Waals surface area contributed by atoms with Crippen LogP contribution in [0.15, 0.2) is 24.3 Å². The van der Waals surface area contributed by atoms with E-state index in [2.05, 4.69) is 5.32 Å². The summed E-state index contributed by atoms with van der Waals surface area (Å²) in [4.78, 5) is 22.8. The number of hydrogen-bond donors (Lipinski definition) is 1. The Kier molecular flexibility index (Phi) is 4.88. The van der Waals surface area contributed by atoms with Crippen molar-refractivity contribution in [3.05, 3.63) is 29.8 Å². The number of benzene rings is 1. The highest BCUT2D eigenvalue weighted by molar-refractivity contribution is 5.95. The fourth-order valence-corrected chi connectivity index (χ4v) is 1.21. The molecule has 0 radical (unpaired) electrons. The second-order valence-electron chi connectivity index (χ2n) is 3.64. The first-order valence-electron chi connectivity index (χ1n) is 5.56. The zero-order chi connectivity index (χ0) is 13.5. The number of hydrogen-bond acceptors (Lipinski definition) is 4. The molecule has 0 bridgehead atoms. The van der Waals surface area contributed by atoms with E-state index in [-0.39, 0.29) is 5.91 Å². The standard InChI is InChI=1S/C13H14N2O3/c1-3-18-13(17)10-4-6-11(7-5-10)15-12(16)9(2)8-14/h4-7,9H,3H2,1-2H3,(H,15,16). The molecule has 0 fully saturated rings. The molecule has 0 aromatic heterocycles. The van der Waals surface area contributed by atoms with E-state index in [1.165, 1.54) is 6.92 Å². The van der Waals surface area contributed by atoms with Gasteiger partial charge in [0, 0.05) is 5.69 Å². The summed E-state index contributed by atoms with van der Waals surface area (Å²) in [6.07, 6.45) is 0. The van der Waals surface area contributed by atoms with Crippen LogP contribution in [0.1, 0.15) is 24.2 Å². The maximum Gasteiger partial charge on any atom is 0.338 e. The van der Waals surface area contributed by atoms with Crippen LogP contribution in [0, 0.1) is 17.2 Å². The highest BCUT2D eigenvalue weighted by Crippen LogP contribution is 2.11. The van der Waals surface area contributed by atoms with Gasteiger partial charge in [0.2, 0.25) is 5.91 Å². The van der Waals surface area contributed by atoms with Crippen molar-refractivity contribution in [1.29, 1.82) is 5.26 Å². The zero-order valence-corrected chi connectivity index (χ0v) is 10.3. The lowest BCUT2D eigenvalue weighted by atomic mass is 10.1. The molecule has 0 aliphatic carbocycles. The molecular weight excluding hydrogens is 232 g/mol. The van der Waals surface area contributed by atoms with Gasteiger partial charge in [-0.05, 0) is 38.1 Å². The minimum absolute atomic E-state index is 0.316. The lowest BCUT2D eigenvalue weighted by Crippen LogP contribution is -2.18. The number of anilines is 1. The van der Waals surface area contributed by atoms with Gasteiger partial charge in [0.25, 0.3) is 0 Å². The minimum Gasteiger partial charge on any atom is -0.462 e. The molecule has 1 aromatic carbocycles. The molecule has 5 nitrogen and oxygen atoms in total. The molecule has 94 valence electrons. The molecule has 0 spiro atoms. The van der Waals surface area contributed by atoms with Crippen molar-refractivity contribution in [1.82, 2.24) is 0 Å². The number of nitriles is 1. The lowest BCUT2D eigenvalue weighted by Gasteiger charge is -2.07. The van der Waals surface area contributed by atoms with Gasteiger partial charge in [0.05, 0.1) is 18.2 Å². The average Bonchev–Trinajstić information content (AvgIpc) is 2.38. The van der Waals surface area contributed by atoms with Crippen LogP contribution in [0.2, 0.25) is 0 Å². The van der Waals surface area contributed by atoms with Gasteiger partial charge in [-0.2, -0.15) is 5.26 Å². The first-order valence-corrected chi connectivity index (χ1v) is 5.56. The molecule has 18 heavy (non-hydrogen) atoms. The number of nitrogens with one attached hydrogen (secondary N) is 1. The van der Waals surface area contributed by atoms with Crippen molar-refractivity contribution < 1.29 is 14.3 Å². The third-order valence-electron chi connectivity index (χ3n) is 2.25. The number of esters is 1. The van der Waals surface area contributed by atoms with Crippen molar-refractivity contribution >= 4 is 17.6 Å². The Balaban J connectivity index is 2.69. The van der Waals surface area contributed by atoms with Crippen molar-refractivity contribution in [2.45, 2.75) is 13.8 Å². The van der Waals surface area contributed by atoms with Gasteiger partial charge < -0.3 is 10.1 Å². The van der Waals surface area contributed by atoms with E-state index in [0.29, 0.717) is 17.9 Å². The molecule has 1 atom stereocenters. The van der Waals surface area contributed by atoms with Crippen molar-refractivity contribution in [2.75, 3.05) is 11.9 Å². The molecule has 0 heterocycles.